The molecule has 0 saturated heterocycles. The van der Waals surface area contributed by atoms with Crippen LogP contribution in [0.25, 0.3) is 0 Å². The van der Waals surface area contributed by atoms with Gasteiger partial charge in [0.1, 0.15) is 0 Å². The average Bonchev–Trinajstić information content (AvgIpc) is 2.28. The van der Waals surface area contributed by atoms with Gasteiger partial charge < -0.3 is 0 Å². The quantitative estimate of drug-likeness (QED) is 0.648. The summed E-state index contributed by atoms with van der Waals surface area (Å²) in [4.78, 5) is 0. The van der Waals surface area contributed by atoms with Gasteiger partial charge in [-0.05, 0) is 12.8 Å². The Hall–Kier alpha value is -0.180. The molecule has 1 fully saturated rings. The minimum Gasteiger partial charge on any atom is -0.284 e. The first kappa shape index (κ1) is 10.9. The maximum atomic E-state index is 10.8. The molecule has 1 saturated carbocycles. The van der Waals surface area contributed by atoms with Crippen molar-refractivity contribution >= 4 is 20.2 Å². The number of rotatable bonds is 2. The molecule has 6 nitrogen and oxygen atoms in total. The molecule has 2 N–H and O–H groups in total. The fourth-order valence-electron chi connectivity index (χ4n) is 1.56. The Labute approximate surface area is 76.5 Å². The second-order valence-electron chi connectivity index (χ2n) is 3.07. The highest BCUT2D eigenvalue weighted by Crippen LogP contribution is 2.40. The summed E-state index contributed by atoms with van der Waals surface area (Å²) >= 11 is 0. The fraction of sp³-hybridized carbons (Fsp3) is 1.00. The van der Waals surface area contributed by atoms with Crippen molar-refractivity contribution in [3.8, 4) is 0 Å². The summed E-state index contributed by atoms with van der Waals surface area (Å²) < 4.78 is 58.4. The lowest BCUT2D eigenvalue weighted by molar-refractivity contribution is 0.422. The highest BCUT2D eigenvalue weighted by Gasteiger charge is 2.55. The molecule has 0 aromatic carbocycles. The van der Waals surface area contributed by atoms with Crippen LogP contribution in [0.15, 0.2) is 0 Å². The summed E-state index contributed by atoms with van der Waals surface area (Å²) in [6.07, 6.45) is 0.231. The van der Waals surface area contributed by atoms with Gasteiger partial charge in [-0.2, -0.15) is 16.8 Å². The predicted octanol–water partition coefficient (Wildman–Crippen LogP) is 0.0323. The van der Waals surface area contributed by atoms with Gasteiger partial charge in [0.2, 0.25) is 4.08 Å². The standard InChI is InChI=1S/C5H10O6S2/c6-12(7,8)5(13(9,10)11)3-1-2-4-5/h1-4H2,(H,6,7,8)(H,9,10,11). The van der Waals surface area contributed by atoms with Gasteiger partial charge in [-0.25, -0.2) is 0 Å². The zero-order valence-corrected chi connectivity index (χ0v) is 8.31. The van der Waals surface area contributed by atoms with Gasteiger partial charge in [0.25, 0.3) is 20.2 Å². The first-order valence-corrected chi connectivity index (χ1v) is 6.53. The van der Waals surface area contributed by atoms with Gasteiger partial charge in [0, 0.05) is 0 Å². The predicted molar refractivity (Wildman–Crippen MR) is 44.3 cm³/mol. The van der Waals surface area contributed by atoms with Crippen molar-refractivity contribution in [3.63, 3.8) is 0 Å². The summed E-state index contributed by atoms with van der Waals surface area (Å²) in [6, 6.07) is 0. The zero-order chi connectivity index (χ0) is 10.3. The van der Waals surface area contributed by atoms with Gasteiger partial charge in [0.05, 0.1) is 0 Å². The Morgan fingerprint density at radius 3 is 1.31 bits per heavy atom. The SMILES string of the molecule is O=S(=O)(O)C1(S(=O)(=O)O)CCCC1. The van der Waals surface area contributed by atoms with Crippen molar-refractivity contribution in [3.05, 3.63) is 0 Å². The molecule has 0 heterocycles. The van der Waals surface area contributed by atoms with Crippen LogP contribution in [0.2, 0.25) is 0 Å². The molecule has 0 aromatic rings. The van der Waals surface area contributed by atoms with E-state index in [0.717, 1.165) is 0 Å². The van der Waals surface area contributed by atoms with E-state index < -0.39 is 24.3 Å². The van der Waals surface area contributed by atoms with E-state index in [-0.39, 0.29) is 12.8 Å². The summed E-state index contributed by atoms with van der Waals surface area (Å²) in [5.41, 5.74) is 0. The van der Waals surface area contributed by atoms with E-state index in [4.69, 9.17) is 9.11 Å². The van der Waals surface area contributed by atoms with Gasteiger partial charge in [0.15, 0.2) is 0 Å². The number of hydrogen-bond acceptors (Lipinski definition) is 4. The third-order valence-corrected chi connectivity index (χ3v) is 6.27. The lowest BCUT2D eigenvalue weighted by Gasteiger charge is -2.20. The highest BCUT2D eigenvalue weighted by molar-refractivity contribution is 8.05. The molecule has 1 rings (SSSR count). The molecule has 13 heavy (non-hydrogen) atoms. The summed E-state index contributed by atoms with van der Waals surface area (Å²) in [7, 11) is -9.52. The van der Waals surface area contributed by atoms with E-state index in [9.17, 15) is 16.8 Å². The molecular formula is C5H10O6S2. The van der Waals surface area contributed by atoms with Crippen LogP contribution < -0.4 is 0 Å². The lowest BCUT2D eigenvalue weighted by atomic mass is 10.4. The second kappa shape index (κ2) is 2.91. The molecule has 0 unspecified atom stereocenters. The Bertz CT molecular complexity index is 351. The second-order valence-corrected chi connectivity index (χ2v) is 6.79. The van der Waals surface area contributed by atoms with Gasteiger partial charge in [-0.15, -0.1) is 0 Å². The van der Waals surface area contributed by atoms with Gasteiger partial charge >= 0.3 is 0 Å². The Kier molecular flexibility index (Phi) is 2.44. The van der Waals surface area contributed by atoms with E-state index >= 15 is 0 Å². The largest absolute Gasteiger partial charge is 0.287 e. The molecule has 0 aromatic heterocycles. The van der Waals surface area contributed by atoms with E-state index in [1.165, 1.54) is 0 Å². The molecule has 0 aliphatic heterocycles. The fourth-order valence-corrected chi connectivity index (χ4v) is 4.24. The van der Waals surface area contributed by atoms with Crippen LogP contribution >= 0.6 is 0 Å². The Morgan fingerprint density at radius 2 is 1.15 bits per heavy atom. The smallest absolute Gasteiger partial charge is 0.284 e. The monoisotopic (exact) mass is 230 g/mol. The molecule has 0 amide bonds. The van der Waals surface area contributed by atoms with Crippen LogP contribution in [0.3, 0.4) is 0 Å². The third kappa shape index (κ3) is 1.58. The molecule has 78 valence electrons. The van der Waals surface area contributed by atoms with Crippen LogP contribution in [-0.2, 0) is 20.2 Å². The normalized spacial score (nSPS) is 23.2. The van der Waals surface area contributed by atoms with Crippen LogP contribution in [0.5, 0.6) is 0 Å². The van der Waals surface area contributed by atoms with Crippen LogP contribution in [0.4, 0.5) is 0 Å². The lowest BCUT2D eigenvalue weighted by Crippen LogP contribution is -2.43. The Morgan fingerprint density at radius 1 is 0.846 bits per heavy atom. The minimum atomic E-state index is -4.76. The maximum Gasteiger partial charge on any atom is 0.287 e. The highest BCUT2D eigenvalue weighted by atomic mass is 32.3. The van der Waals surface area contributed by atoms with E-state index in [1.807, 2.05) is 0 Å². The molecule has 8 heteroatoms. The first-order chi connectivity index (χ1) is 5.71. The van der Waals surface area contributed by atoms with Crippen LogP contribution in [0, 0.1) is 0 Å². The molecule has 0 spiro atoms. The summed E-state index contributed by atoms with van der Waals surface area (Å²) in [6.45, 7) is 0. The zero-order valence-electron chi connectivity index (χ0n) is 6.67. The topological polar surface area (TPSA) is 109 Å². The summed E-state index contributed by atoms with van der Waals surface area (Å²) in [5, 5.41) is 0. The molecule has 0 bridgehead atoms. The van der Waals surface area contributed by atoms with Crippen molar-refractivity contribution < 1.29 is 25.9 Å². The van der Waals surface area contributed by atoms with Crippen molar-refractivity contribution in [1.82, 2.24) is 0 Å². The van der Waals surface area contributed by atoms with Crippen molar-refractivity contribution in [1.29, 1.82) is 0 Å². The van der Waals surface area contributed by atoms with Crippen LogP contribution in [-0.4, -0.2) is 30.0 Å². The minimum absolute atomic E-state index is 0.245. The molecular weight excluding hydrogens is 220 g/mol. The molecule has 0 radical (unpaired) electrons. The molecule has 0 atom stereocenters. The van der Waals surface area contributed by atoms with Crippen molar-refractivity contribution in [2.75, 3.05) is 0 Å². The molecule has 1 aliphatic rings. The van der Waals surface area contributed by atoms with Gasteiger partial charge in [-0.3, -0.25) is 9.11 Å². The van der Waals surface area contributed by atoms with E-state index in [1.54, 1.807) is 0 Å². The summed E-state index contributed by atoms with van der Waals surface area (Å²) in [5.74, 6) is 0. The third-order valence-electron chi connectivity index (χ3n) is 2.31. The van der Waals surface area contributed by atoms with E-state index in [2.05, 4.69) is 0 Å². The van der Waals surface area contributed by atoms with E-state index in [0.29, 0.717) is 12.8 Å². The van der Waals surface area contributed by atoms with Crippen molar-refractivity contribution in [2.24, 2.45) is 0 Å². The maximum absolute atomic E-state index is 10.8. The van der Waals surface area contributed by atoms with Crippen LogP contribution in [0.1, 0.15) is 25.7 Å². The van der Waals surface area contributed by atoms with Gasteiger partial charge in [-0.1, -0.05) is 12.8 Å². The first-order valence-electron chi connectivity index (χ1n) is 3.65. The Balaban J connectivity index is 3.35. The molecule has 1 aliphatic carbocycles. The average molecular weight is 230 g/mol. The number of hydrogen-bond donors (Lipinski definition) is 2. The van der Waals surface area contributed by atoms with Crippen molar-refractivity contribution in [2.45, 2.75) is 29.8 Å².